The average molecular weight is 464 g/mol. The molecule has 0 unspecified atom stereocenters. The molecule has 168 valence electrons. The maximum atomic E-state index is 13.1. The highest BCUT2D eigenvalue weighted by Crippen LogP contribution is 2.30. The summed E-state index contributed by atoms with van der Waals surface area (Å²) in [6.45, 7) is 3.20. The molecule has 9 heteroatoms. The molecule has 1 aromatic heterocycles. The number of carboxylic acid groups (broad SMARTS) is 1. The molecule has 0 spiro atoms. The zero-order valence-corrected chi connectivity index (χ0v) is 19.3. The van der Waals surface area contributed by atoms with Crippen LogP contribution in [-0.4, -0.2) is 51.9 Å². The summed E-state index contributed by atoms with van der Waals surface area (Å²) in [4.78, 5) is 29.9. The first-order valence-electron chi connectivity index (χ1n) is 10.6. The lowest BCUT2D eigenvalue weighted by Gasteiger charge is -2.36. The number of nitrogens with zero attached hydrogens (tertiary/aromatic N) is 2. The van der Waals surface area contributed by atoms with Crippen molar-refractivity contribution in [3.8, 4) is 5.75 Å². The van der Waals surface area contributed by atoms with Crippen molar-refractivity contribution in [2.75, 3.05) is 24.2 Å². The van der Waals surface area contributed by atoms with Gasteiger partial charge in [0, 0.05) is 11.8 Å². The van der Waals surface area contributed by atoms with Crippen LogP contribution in [-0.2, 0) is 4.79 Å². The Morgan fingerprint density at radius 2 is 2.00 bits per heavy atom. The molecule has 31 heavy (non-hydrogen) atoms. The Morgan fingerprint density at radius 1 is 1.26 bits per heavy atom. The van der Waals surface area contributed by atoms with Crippen LogP contribution in [0.4, 0.5) is 9.93 Å². The average Bonchev–Trinajstić information content (AvgIpc) is 3.19. The zero-order chi connectivity index (χ0) is 22.1. The molecule has 1 heterocycles. The van der Waals surface area contributed by atoms with Gasteiger partial charge in [0.05, 0.1) is 23.4 Å². The number of thiazole rings is 1. The number of carbonyl (C=O) groups excluding carboxylic acids is 1. The minimum Gasteiger partial charge on any atom is -0.492 e. The molecule has 0 aliphatic heterocycles. The van der Waals surface area contributed by atoms with Crippen LogP contribution in [0.5, 0.6) is 5.75 Å². The number of aromatic nitrogens is 1. The number of urea groups is 1. The SMILES string of the molecule is CC1CCC(N(CCOc2ccccc2)C(=O)Nc2ncc(SCCC(=O)O)s2)CC1. The molecule has 3 rings (SSSR count). The number of hydrogen-bond acceptors (Lipinski definition) is 6. The quantitative estimate of drug-likeness (QED) is 0.471. The number of benzene rings is 1. The first kappa shape index (κ1) is 23.4. The highest BCUT2D eigenvalue weighted by Gasteiger charge is 2.28. The van der Waals surface area contributed by atoms with Crippen LogP contribution in [0.2, 0.25) is 0 Å². The molecule has 0 saturated heterocycles. The molecule has 2 N–H and O–H groups in total. The third-order valence-electron chi connectivity index (χ3n) is 5.29. The molecule has 2 aromatic rings. The van der Waals surface area contributed by atoms with Gasteiger partial charge >= 0.3 is 12.0 Å². The van der Waals surface area contributed by atoms with Crippen LogP contribution in [0, 0.1) is 5.92 Å². The minimum absolute atomic E-state index is 0.0968. The first-order valence-corrected chi connectivity index (χ1v) is 12.4. The number of carbonyl (C=O) groups is 2. The van der Waals surface area contributed by atoms with Gasteiger partial charge in [-0.15, -0.1) is 11.8 Å². The predicted molar refractivity (Wildman–Crippen MR) is 124 cm³/mol. The maximum Gasteiger partial charge on any atom is 0.324 e. The molecule has 0 radical (unpaired) electrons. The van der Waals surface area contributed by atoms with E-state index in [2.05, 4.69) is 17.2 Å². The smallest absolute Gasteiger partial charge is 0.324 e. The molecule has 1 fully saturated rings. The number of rotatable bonds is 10. The van der Waals surface area contributed by atoms with Crippen LogP contribution in [0.25, 0.3) is 0 Å². The standard InChI is InChI=1S/C22H29N3O4S2/c1-16-7-9-17(10-8-16)25(12-13-29-18-5-3-2-4-6-18)22(28)24-21-23-15-20(31-21)30-14-11-19(26)27/h2-6,15-17H,7-14H2,1H3,(H,26,27)(H,23,24,28). The van der Waals surface area contributed by atoms with Gasteiger partial charge in [0.1, 0.15) is 12.4 Å². The van der Waals surface area contributed by atoms with E-state index in [4.69, 9.17) is 9.84 Å². The third-order valence-corrected chi connectivity index (χ3v) is 7.40. The van der Waals surface area contributed by atoms with Gasteiger partial charge in [-0.25, -0.2) is 9.78 Å². The molecule has 7 nitrogen and oxygen atoms in total. The summed E-state index contributed by atoms with van der Waals surface area (Å²) in [5.41, 5.74) is 0. The number of carboxylic acids is 1. The molecule has 1 aliphatic carbocycles. The maximum absolute atomic E-state index is 13.1. The minimum atomic E-state index is -0.819. The summed E-state index contributed by atoms with van der Waals surface area (Å²) in [6.07, 6.45) is 6.00. The second-order valence-electron chi connectivity index (χ2n) is 7.68. The molecule has 1 saturated carbocycles. The van der Waals surface area contributed by atoms with Crippen LogP contribution >= 0.6 is 23.1 Å². The van der Waals surface area contributed by atoms with E-state index in [-0.39, 0.29) is 18.5 Å². The number of hydrogen-bond donors (Lipinski definition) is 2. The highest BCUT2D eigenvalue weighted by molar-refractivity contribution is 8.01. The summed E-state index contributed by atoms with van der Waals surface area (Å²) in [5, 5.41) is 12.2. The van der Waals surface area contributed by atoms with Crippen LogP contribution in [0.3, 0.4) is 0 Å². The number of para-hydroxylation sites is 1. The summed E-state index contributed by atoms with van der Waals surface area (Å²) >= 11 is 2.80. The highest BCUT2D eigenvalue weighted by atomic mass is 32.2. The number of anilines is 1. The van der Waals surface area contributed by atoms with E-state index in [1.54, 1.807) is 6.20 Å². The molecule has 2 amide bonds. The Bertz CT molecular complexity index is 838. The molecule has 1 aromatic carbocycles. The lowest BCUT2D eigenvalue weighted by molar-refractivity contribution is -0.136. The van der Waals surface area contributed by atoms with Gasteiger partial charge in [-0.2, -0.15) is 0 Å². The van der Waals surface area contributed by atoms with Gasteiger partial charge in [0.2, 0.25) is 0 Å². The number of aliphatic carboxylic acids is 1. The van der Waals surface area contributed by atoms with Gasteiger partial charge in [0.25, 0.3) is 0 Å². The van der Waals surface area contributed by atoms with E-state index in [9.17, 15) is 9.59 Å². The predicted octanol–water partition coefficient (Wildman–Crippen LogP) is 5.20. The third kappa shape index (κ3) is 7.74. The lowest BCUT2D eigenvalue weighted by Crippen LogP contribution is -2.46. The number of thioether (sulfide) groups is 1. The Morgan fingerprint density at radius 3 is 2.71 bits per heavy atom. The Hall–Kier alpha value is -2.26. The van der Waals surface area contributed by atoms with Crippen molar-refractivity contribution in [3.05, 3.63) is 36.5 Å². The van der Waals surface area contributed by atoms with Crippen molar-refractivity contribution in [3.63, 3.8) is 0 Å². The number of nitrogens with one attached hydrogen (secondary N) is 1. The number of ether oxygens (including phenoxy) is 1. The van der Waals surface area contributed by atoms with Crippen molar-refractivity contribution in [2.24, 2.45) is 5.92 Å². The van der Waals surface area contributed by atoms with E-state index in [1.807, 2.05) is 35.2 Å². The fourth-order valence-corrected chi connectivity index (χ4v) is 5.44. The van der Waals surface area contributed by atoms with Crippen molar-refractivity contribution in [1.82, 2.24) is 9.88 Å². The topological polar surface area (TPSA) is 91.8 Å². The normalized spacial score (nSPS) is 18.4. The molecular formula is C22H29N3O4S2. The van der Waals surface area contributed by atoms with Crippen LogP contribution in [0.1, 0.15) is 39.0 Å². The van der Waals surface area contributed by atoms with Gasteiger partial charge in [-0.1, -0.05) is 36.5 Å². The van der Waals surface area contributed by atoms with Crippen LogP contribution < -0.4 is 10.1 Å². The van der Waals surface area contributed by atoms with E-state index in [0.29, 0.717) is 30.0 Å². The lowest BCUT2D eigenvalue weighted by atomic mass is 9.86. The fraction of sp³-hybridized carbons (Fsp3) is 0.500. The largest absolute Gasteiger partial charge is 0.492 e. The summed E-state index contributed by atoms with van der Waals surface area (Å²) in [6, 6.07) is 9.65. The van der Waals surface area contributed by atoms with E-state index >= 15 is 0 Å². The number of amides is 2. The first-order chi connectivity index (χ1) is 15.0. The fourth-order valence-electron chi connectivity index (χ4n) is 3.57. The van der Waals surface area contributed by atoms with Crippen molar-refractivity contribution in [1.29, 1.82) is 0 Å². The van der Waals surface area contributed by atoms with Crippen molar-refractivity contribution in [2.45, 2.75) is 49.3 Å². The Balaban J connectivity index is 1.57. The molecule has 0 atom stereocenters. The Kier molecular flexibility index (Phi) is 9.02. The van der Waals surface area contributed by atoms with Gasteiger partial charge in [-0.3, -0.25) is 10.1 Å². The Labute approximate surface area is 191 Å². The van der Waals surface area contributed by atoms with Gasteiger partial charge in [-0.05, 0) is 43.7 Å². The second-order valence-corrected chi connectivity index (χ2v) is 10.1. The summed E-state index contributed by atoms with van der Waals surface area (Å²) in [7, 11) is 0. The second kappa shape index (κ2) is 12.0. The van der Waals surface area contributed by atoms with E-state index < -0.39 is 5.97 Å². The van der Waals surface area contributed by atoms with E-state index in [1.165, 1.54) is 23.1 Å². The van der Waals surface area contributed by atoms with Crippen molar-refractivity contribution < 1.29 is 19.4 Å². The zero-order valence-electron chi connectivity index (χ0n) is 17.7. The molecule has 0 bridgehead atoms. The van der Waals surface area contributed by atoms with Gasteiger partial charge < -0.3 is 14.7 Å². The summed E-state index contributed by atoms with van der Waals surface area (Å²) in [5.74, 6) is 1.16. The molecule has 1 aliphatic rings. The van der Waals surface area contributed by atoms with Crippen molar-refractivity contribution >= 4 is 40.2 Å². The summed E-state index contributed by atoms with van der Waals surface area (Å²) < 4.78 is 6.72. The molecular weight excluding hydrogens is 434 g/mol. The monoisotopic (exact) mass is 463 g/mol. The van der Waals surface area contributed by atoms with E-state index in [0.717, 1.165) is 35.6 Å². The van der Waals surface area contributed by atoms with Gasteiger partial charge in [0.15, 0.2) is 5.13 Å². The van der Waals surface area contributed by atoms with Crippen LogP contribution in [0.15, 0.2) is 40.7 Å².